The van der Waals surface area contributed by atoms with Crippen LogP contribution in [-0.2, 0) is 6.42 Å². The van der Waals surface area contributed by atoms with Crippen molar-refractivity contribution in [3.63, 3.8) is 0 Å². The molecule has 6 heteroatoms. The van der Waals surface area contributed by atoms with Gasteiger partial charge in [-0.1, -0.05) is 6.92 Å². The van der Waals surface area contributed by atoms with E-state index in [1.807, 2.05) is 25.1 Å². The predicted octanol–water partition coefficient (Wildman–Crippen LogP) is 1.79. The van der Waals surface area contributed by atoms with Gasteiger partial charge in [0.15, 0.2) is 0 Å². The van der Waals surface area contributed by atoms with Gasteiger partial charge in [0.25, 0.3) is 5.56 Å². The lowest BCUT2D eigenvalue weighted by atomic mass is 10.1. The SMILES string of the molecule is CCCNC(=O)NCCc1cc2ccc(OC)cc2[nH]c1=O. The van der Waals surface area contributed by atoms with Crippen LogP contribution >= 0.6 is 0 Å². The van der Waals surface area contributed by atoms with Gasteiger partial charge in [-0.15, -0.1) is 0 Å². The van der Waals surface area contributed by atoms with E-state index < -0.39 is 0 Å². The van der Waals surface area contributed by atoms with Crippen LogP contribution in [0.25, 0.3) is 10.9 Å². The third-order valence-corrected chi connectivity index (χ3v) is 3.35. The van der Waals surface area contributed by atoms with Crippen molar-refractivity contribution in [1.29, 1.82) is 0 Å². The summed E-state index contributed by atoms with van der Waals surface area (Å²) in [6.45, 7) is 3.05. The Labute approximate surface area is 128 Å². The number of fused-ring (bicyclic) bond motifs is 1. The van der Waals surface area contributed by atoms with Crippen LogP contribution < -0.4 is 20.9 Å². The van der Waals surface area contributed by atoms with Gasteiger partial charge in [-0.25, -0.2) is 4.79 Å². The molecule has 118 valence electrons. The van der Waals surface area contributed by atoms with Crippen molar-refractivity contribution in [2.45, 2.75) is 19.8 Å². The van der Waals surface area contributed by atoms with Crippen molar-refractivity contribution >= 4 is 16.9 Å². The second-order valence-corrected chi connectivity index (χ2v) is 5.01. The fraction of sp³-hybridized carbons (Fsp3) is 0.375. The first-order chi connectivity index (χ1) is 10.6. The maximum Gasteiger partial charge on any atom is 0.314 e. The smallest absolute Gasteiger partial charge is 0.314 e. The fourth-order valence-corrected chi connectivity index (χ4v) is 2.15. The number of pyridine rings is 1. The van der Waals surface area contributed by atoms with E-state index in [0.717, 1.165) is 17.3 Å². The average molecular weight is 303 g/mol. The number of nitrogens with one attached hydrogen (secondary N) is 3. The Morgan fingerprint density at radius 2 is 2.00 bits per heavy atom. The number of amides is 2. The zero-order chi connectivity index (χ0) is 15.9. The molecule has 0 aliphatic heterocycles. The zero-order valence-electron chi connectivity index (χ0n) is 12.9. The molecule has 2 rings (SSSR count). The fourth-order valence-electron chi connectivity index (χ4n) is 2.15. The van der Waals surface area contributed by atoms with Gasteiger partial charge in [0, 0.05) is 24.7 Å². The van der Waals surface area contributed by atoms with E-state index in [4.69, 9.17) is 4.74 Å². The summed E-state index contributed by atoms with van der Waals surface area (Å²) in [5, 5.41) is 6.40. The Hall–Kier alpha value is -2.50. The van der Waals surface area contributed by atoms with Crippen LogP contribution in [-0.4, -0.2) is 31.2 Å². The molecule has 1 aromatic heterocycles. The number of carbonyl (C=O) groups excluding carboxylic acids is 1. The molecule has 0 atom stereocenters. The summed E-state index contributed by atoms with van der Waals surface area (Å²) in [5.74, 6) is 0.699. The maximum atomic E-state index is 12.1. The van der Waals surface area contributed by atoms with Gasteiger partial charge in [-0.2, -0.15) is 0 Å². The van der Waals surface area contributed by atoms with Crippen molar-refractivity contribution in [3.8, 4) is 5.75 Å². The summed E-state index contributed by atoms with van der Waals surface area (Å²) in [7, 11) is 1.59. The van der Waals surface area contributed by atoms with Crippen LogP contribution in [0.4, 0.5) is 4.79 Å². The van der Waals surface area contributed by atoms with E-state index in [9.17, 15) is 9.59 Å². The van der Waals surface area contributed by atoms with Crippen molar-refractivity contribution in [2.24, 2.45) is 0 Å². The lowest BCUT2D eigenvalue weighted by molar-refractivity contribution is 0.241. The largest absolute Gasteiger partial charge is 0.497 e. The normalized spacial score (nSPS) is 10.5. The number of methoxy groups -OCH3 is 1. The van der Waals surface area contributed by atoms with E-state index in [-0.39, 0.29) is 11.6 Å². The topological polar surface area (TPSA) is 83.2 Å². The van der Waals surface area contributed by atoms with Gasteiger partial charge in [-0.05, 0) is 36.4 Å². The quantitative estimate of drug-likeness (QED) is 0.761. The summed E-state index contributed by atoms with van der Waals surface area (Å²) >= 11 is 0. The first-order valence-electron chi connectivity index (χ1n) is 7.35. The van der Waals surface area contributed by atoms with E-state index in [2.05, 4.69) is 15.6 Å². The molecule has 1 heterocycles. The maximum absolute atomic E-state index is 12.1. The van der Waals surface area contributed by atoms with Crippen LogP contribution in [0.5, 0.6) is 5.75 Å². The van der Waals surface area contributed by atoms with E-state index in [1.165, 1.54) is 0 Å². The van der Waals surface area contributed by atoms with Gasteiger partial charge in [0.1, 0.15) is 5.75 Å². The van der Waals surface area contributed by atoms with Gasteiger partial charge < -0.3 is 20.4 Å². The van der Waals surface area contributed by atoms with Crippen LogP contribution in [0.3, 0.4) is 0 Å². The zero-order valence-corrected chi connectivity index (χ0v) is 12.9. The lowest BCUT2D eigenvalue weighted by Gasteiger charge is -2.07. The highest BCUT2D eigenvalue weighted by Crippen LogP contribution is 2.18. The molecule has 22 heavy (non-hydrogen) atoms. The number of ether oxygens (including phenoxy) is 1. The number of benzene rings is 1. The molecule has 6 nitrogen and oxygen atoms in total. The molecule has 3 N–H and O–H groups in total. The number of aromatic amines is 1. The Bertz CT molecular complexity index is 709. The molecule has 2 amide bonds. The number of H-pyrrole nitrogens is 1. The summed E-state index contributed by atoms with van der Waals surface area (Å²) in [5.41, 5.74) is 1.24. The number of aromatic nitrogens is 1. The molecule has 0 fully saturated rings. The molecule has 0 spiro atoms. The number of hydrogen-bond donors (Lipinski definition) is 3. The van der Waals surface area contributed by atoms with Crippen molar-refractivity contribution in [1.82, 2.24) is 15.6 Å². The number of hydrogen-bond acceptors (Lipinski definition) is 3. The van der Waals surface area contributed by atoms with Crippen LogP contribution in [0.2, 0.25) is 0 Å². The molecule has 0 aliphatic carbocycles. The van der Waals surface area contributed by atoms with Crippen molar-refractivity contribution < 1.29 is 9.53 Å². The summed E-state index contributed by atoms with van der Waals surface area (Å²) in [6, 6.07) is 7.18. The lowest BCUT2D eigenvalue weighted by Crippen LogP contribution is -2.37. The first-order valence-corrected chi connectivity index (χ1v) is 7.35. The molecular formula is C16H21N3O3. The Morgan fingerprint density at radius 1 is 1.23 bits per heavy atom. The first kappa shape index (κ1) is 15.9. The Balaban J connectivity index is 2.04. The summed E-state index contributed by atoms with van der Waals surface area (Å²) < 4.78 is 5.14. The van der Waals surface area contributed by atoms with Gasteiger partial charge >= 0.3 is 6.03 Å². The average Bonchev–Trinajstić information content (AvgIpc) is 2.52. The highest BCUT2D eigenvalue weighted by atomic mass is 16.5. The minimum absolute atomic E-state index is 0.142. The molecule has 0 aliphatic rings. The minimum atomic E-state index is -0.205. The van der Waals surface area contributed by atoms with Gasteiger partial charge in [0.2, 0.25) is 0 Å². The molecule has 0 saturated heterocycles. The van der Waals surface area contributed by atoms with Crippen molar-refractivity contribution in [3.05, 3.63) is 40.2 Å². The minimum Gasteiger partial charge on any atom is -0.497 e. The standard InChI is InChI=1S/C16H21N3O3/c1-3-7-17-16(21)18-8-6-12-9-11-4-5-13(22-2)10-14(11)19-15(12)20/h4-5,9-10H,3,6-8H2,1-2H3,(H,19,20)(H2,17,18,21). The highest BCUT2D eigenvalue weighted by Gasteiger charge is 2.05. The van der Waals surface area contributed by atoms with Crippen LogP contribution in [0.15, 0.2) is 29.1 Å². The molecule has 0 saturated carbocycles. The van der Waals surface area contributed by atoms with Gasteiger partial charge in [-0.3, -0.25) is 4.79 Å². The molecule has 1 aromatic carbocycles. The number of urea groups is 1. The summed E-state index contributed by atoms with van der Waals surface area (Å²) in [6.07, 6.45) is 1.37. The molecule has 2 aromatic rings. The van der Waals surface area contributed by atoms with Crippen molar-refractivity contribution in [2.75, 3.05) is 20.2 Å². The van der Waals surface area contributed by atoms with Crippen LogP contribution in [0.1, 0.15) is 18.9 Å². The van der Waals surface area contributed by atoms with E-state index >= 15 is 0 Å². The van der Waals surface area contributed by atoms with E-state index in [1.54, 1.807) is 13.2 Å². The van der Waals surface area contributed by atoms with Gasteiger partial charge in [0.05, 0.1) is 12.6 Å². The molecule has 0 radical (unpaired) electrons. The highest BCUT2D eigenvalue weighted by molar-refractivity contribution is 5.80. The Morgan fingerprint density at radius 3 is 2.73 bits per heavy atom. The number of rotatable bonds is 6. The molecule has 0 unspecified atom stereocenters. The predicted molar refractivity (Wildman–Crippen MR) is 86.5 cm³/mol. The third kappa shape index (κ3) is 4.00. The monoisotopic (exact) mass is 303 g/mol. The Kier molecular flexibility index (Phi) is 5.41. The van der Waals surface area contributed by atoms with Crippen LogP contribution in [0, 0.1) is 0 Å². The molecule has 0 bridgehead atoms. The summed E-state index contributed by atoms with van der Waals surface area (Å²) in [4.78, 5) is 26.3. The second-order valence-electron chi connectivity index (χ2n) is 5.01. The second kappa shape index (κ2) is 7.49. The van der Waals surface area contributed by atoms with E-state index in [0.29, 0.717) is 30.8 Å². The number of carbonyl (C=O) groups is 1. The molecular weight excluding hydrogens is 282 g/mol. The third-order valence-electron chi connectivity index (χ3n) is 3.35.